The molecule has 1 aliphatic rings. The largest absolute Gasteiger partial charge is 0.0802 e. The van der Waals surface area contributed by atoms with Gasteiger partial charge in [0.05, 0.1) is 0 Å². The van der Waals surface area contributed by atoms with Crippen LogP contribution in [0.25, 0.3) is 5.57 Å². The Hall–Kier alpha value is -1.04. The van der Waals surface area contributed by atoms with Gasteiger partial charge < -0.3 is 0 Å². The van der Waals surface area contributed by atoms with E-state index in [2.05, 4.69) is 65.0 Å². The van der Waals surface area contributed by atoms with Crippen LogP contribution in [0.2, 0.25) is 0 Å². The van der Waals surface area contributed by atoms with Crippen molar-refractivity contribution in [1.82, 2.24) is 0 Å². The van der Waals surface area contributed by atoms with Gasteiger partial charge >= 0.3 is 0 Å². The zero-order valence-corrected chi connectivity index (χ0v) is 13.2. The van der Waals surface area contributed by atoms with Gasteiger partial charge in [-0.15, -0.1) is 0 Å². The number of hydrogen-bond donors (Lipinski definition) is 0. The molecule has 2 rings (SSSR count). The van der Waals surface area contributed by atoms with Crippen molar-refractivity contribution in [2.75, 3.05) is 0 Å². The standard InChI is InChI=1S/C19H28/c1-18(2,3)14-15-7-6-8-17(13-15)16-9-11-19(4,5)12-10-16/h6-9,13H,10-12,14H2,1-5H3. The Labute approximate surface area is 118 Å². The van der Waals surface area contributed by atoms with Gasteiger partial charge in [-0.3, -0.25) is 0 Å². The second-order valence-corrected chi connectivity index (χ2v) is 8.04. The van der Waals surface area contributed by atoms with E-state index in [9.17, 15) is 0 Å². The lowest BCUT2D eigenvalue weighted by Crippen LogP contribution is -2.14. The minimum absolute atomic E-state index is 0.363. The fraction of sp³-hybridized carbons (Fsp3) is 0.579. The summed E-state index contributed by atoms with van der Waals surface area (Å²) in [4.78, 5) is 0. The molecular formula is C19H28. The third-order valence-corrected chi connectivity index (χ3v) is 4.00. The molecule has 0 nitrogen and oxygen atoms in total. The van der Waals surface area contributed by atoms with Crippen molar-refractivity contribution in [2.45, 2.75) is 60.3 Å². The van der Waals surface area contributed by atoms with Crippen molar-refractivity contribution in [3.8, 4) is 0 Å². The van der Waals surface area contributed by atoms with Crippen molar-refractivity contribution in [3.63, 3.8) is 0 Å². The lowest BCUT2D eigenvalue weighted by molar-refractivity contribution is 0.335. The summed E-state index contributed by atoms with van der Waals surface area (Å²) >= 11 is 0. The molecule has 0 bridgehead atoms. The molecule has 0 saturated heterocycles. The van der Waals surface area contributed by atoms with Gasteiger partial charge in [0.15, 0.2) is 0 Å². The Balaban J connectivity index is 2.18. The van der Waals surface area contributed by atoms with Crippen LogP contribution in [0.15, 0.2) is 30.3 Å². The Morgan fingerprint density at radius 3 is 2.47 bits per heavy atom. The van der Waals surface area contributed by atoms with E-state index >= 15 is 0 Å². The second kappa shape index (κ2) is 5.15. The van der Waals surface area contributed by atoms with Crippen LogP contribution in [0.3, 0.4) is 0 Å². The molecule has 0 heteroatoms. The van der Waals surface area contributed by atoms with Crippen LogP contribution in [0.5, 0.6) is 0 Å². The first-order chi connectivity index (χ1) is 8.75. The molecule has 1 aromatic carbocycles. The van der Waals surface area contributed by atoms with Gasteiger partial charge in [-0.25, -0.2) is 0 Å². The van der Waals surface area contributed by atoms with Gasteiger partial charge in [0.2, 0.25) is 0 Å². The third kappa shape index (κ3) is 4.23. The summed E-state index contributed by atoms with van der Waals surface area (Å²) in [5, 5.41) is 0. The van der Waals surface area contributed by atoms with Gasteiger partial charge in [0, 0.05) is 0 Å². The van der Waals surface area contributed by atoms with Crippen LogP contribution in [0.4, 0.5) is 0 Å². The van der Waals surface area contributed by atoms with E-state index in [0.717, 1.165) is 6.42 Å². The van der Waals surface area contributed by atoms with E-state index in [1.807, 2.05) is 0 Å². The predicted molar refractivity (Wildman–Crippen MR) is 85.2 cm³/mol. The maximum absolute atomic E-state index is 2.46. The molecule has 0 unspecified atom stereocenters. The molecule has 0 atom stereocenters. The van der Waals surface area contributed by atoms with Gasteiger partial charge in [-0.05, 0) is 53.2 Å². The molecule has 1 aliphatic carbocycles. The van der Waals surface area contributed by atoms with Crippen LogP contribution < -0.4 is 0 Å². The number of hydrogen-bond acceptors (Lipinski definition) is 0. The van der Waals surface area contributed by atoms with Gasteiger partial charge in [-0.2, -0.15) is 0 Å². The third-order valence-electron chi connectivity index (χ3n) is 4.00. The zero-order valence-electron chi connectivity index (χ0n) is 13.2. The molecule has 0 N–H and O–H groups in total. The quantitative estimate of drug-likeness (QED) is 0.621. The highest BCUT2D eigenvalue weighted by molar-refractivity contribution is 5.67. The molecule has 0 radical (unpaired) electrons. The normalized spacial score (nSPS) is 19.1. The highest BCUT2D eigenvalue weighted by Gasteiger charge is 2.22. The predicted octanol–water partition coefficient (Wildman–Crippen LogP) is 5.87. The maximum Gasteiger partial charge on any atom is -0.0225 e. The molecule has 1 aromatic rings. The Kier molecular flexibility index (Phi) is 3.90. The molecule has 0 saturated carbocycles. The Morgan fingerprint density at radius 2 is 1.89 bits per heavy atom. The monoisotopic (exact) mass is 256 g/mol. The van der Waals surface area contributed by atoms with Crippen LogP contribution >= 0.6 is 0 Å². The molecule has 0 aromatic heterocycles. The second-order valence-electron chi connectivity index (χ2n) is 8.04. The topological polar surface area (TPSA) is 0 Å². The first-order valence-electron chi connectivity index (χ1n) is 7.54. The van der Waals surface area contributed by atoms with E-state index in [1.54, 1.807) is 5.57 Å². The number of rotatable bonds is 2. The summed E-state index contributed by atoms with van der Waals surface area (Å²) in [6.07, 6.45) is 7.36. The average molecular weight is 256 g/mol. The summed E-state index contributed by atoms with van der Waals surface area (Å²) in [5.74, 6) is 0. The summed E-state index contributed by atoms with van der Waals surface area (Å²) < 4.78 is 0. The highest BCUT2D eigenvalue weighted by Crippen LogP contribution is 2.38. The van der Waals surface area contributed by atoms with Gasteiger partial charge in [-0.1, -0.05) is 65.0 Å². The smallest absolute Gasteiger partial charge is 0.0225 e. The van der Waals surface area contributed by atoms with Crippen LogP contribution in [0, 0.1) is 10.8 Å². The first kappa shape index (κ1) is 14.4. The Bertz CT molecular complexity index is 469. The van der Waals surface area contributed by atoms with Crippen molar-refractivity contribution < 1.29 is 0 Å². The molecule has 0 spiro atoms. The lowest BCUT2D eigenvalue weighted by atomic mass is 9.77. The van der Waals surface area contributed by atoms with Gasteiger partial charge in [0.1, 0.15) is 0 Å². The van der Waals surface area contributed by atoms with Crippen molar-refractivity contribution in [3.05, 3.63) is 41.5 Å². The van der Waals surface area contributed by atoms with E-state index in [4.69, 9.17) is 0 Å². The molecular weight excluding hydrogens is 228 g/mol. The van der Waals surface area contributed by atoms with Crippen LogP contribution in [-0.4, -0.2) is 0 Å². The Morgan fingerprint density at radius 1 is 1.16 bits per heavy atom. The molecule has 0 amide bonds. The highest BCUT2D eigenvalue weighted by atomic mass is 14.3. The minimum Gasteiger partial charge on any atom is -0.0802 e. The maximum atomic E-state index is 2.46. The van der Waals surface area contributed by atoms with E-state index < -0.39 is 0 Å². The zero-order chi connectivity index (χ0) is 14.1. The number of benzene rings is 1. The fourth-order valence-corrected chi connectivity index (χ4v) is 2.83. The SMILES string of the molecule is CC(C)(C)Cc1cccc(C2=CCC(C)(C)CC2)c1. The van der Waals surface area contributed by atoms with Crippen molar-refractivity contribution >= 4 is 5.57 Å². The molecule has 0 aliphatic heterocycles. The van der Waals surface area contributed by atoms with Crippen molar-refractivity contribution in [1.29, 1.82) is 0 Å². The fourth-order valence-electron chi connectivity index (χ4n) is 2.83. The van der Waals surface area contributed by atoms with E-state index in [-0.39, 0.29) is 0 Å². The van der Waals surface area contributed by atoms with E-state index in [0.29, 0.717) is 10.8 Å². The first-order valence-corrected chi connectivity index (χ1v) is 7.54. The van der Waals surface area contributed by atoms with Crippen LogP contribution in [0.1, 0.15) is 65.0 Å². The summed E-state index contributed by atoms with van der Waals surface area (Å²) in [7, 11) is 0. The minimum atomic E-state index is 0.363. The summed E-state index contributed by atoms with van der Waals surface area (Å²) in [5.41, 5.74) is 5.32. The molecule has 0 fully saturated rings. The number of allylic oxidation sites excluding steroid dienone is 2. The van der Waals surface area contributed by atoms with Crippen molar-refractivity contribution in [2.24, 2.45) is 10.8 Å². The van der Waals surface area contributed by atoms with Gasteiger partial charge in [0.25, 0.3) is 0 Å². The average Bonchev–Trinajstić information content (AvgIpc) is 2.27. The van der Waals surface area contributed by atoms with E-state index in [1.165, 1.54) is 30.4 Å². The lowest BCUT2D eigenvalue weighted by Gasteiger charge is -2.29. The molecule has 104 valence electrons. The molecule has 19 heavy (non-hydrogen) atoms. The molecule has 0 heterocycles. The van der Waals surface area contributed by atoms with Crippen LogP contribution in [-0.2, 0) is 6.42 Å². The summed E-state index contributed by atoms with van der Waals surface area (Å²) in [6.45, 7) is 11.7. The summed E-state index contributed by atoms with van der Waals surface area (Å²) in [6, 6.07) is 9.16.